The molecule has 1 saturated heterocycles. The molecule has 1 aliphatic rings. The number of hydrogen-bond acceptors (Lipinski definition) is 5. The fraction of sp³-hybridized carbons (Fsp3) is 0.333. The van der Waals surface area contributed by atoms with E-state index in [-0.39, 0.29) is 17.5 Å². The molecular formula is C18H17F3N6O. The molecule has 1 aliphatic heterocycles. The van der Waals surface area contributed by atoms with Gasteiger partial charge in [0.1, 0.15) is 11.8 Å². The number of imidazole rings is 1. The molecule has 0 bridgehead atoms. The molecule has 10 heteroatoms. The van der Waals surface area contributed by atoms with Crippen molar-refractivity contribution in [2.24, 2.45) is 5.92 Å². The second kappa shape index (κ2) is 7.10. The molecule has 0 aliphatic carbocycles. The van der Waals surface area contributed by atoms with E-state index in [0.717, 1.165) is 25.1 Å². The third-order valence-corrected chi connectivity index (χ3v) is 4.75. The molecular weight excluding hydrogens is 373 g/mol. The first-order valence-electron chi connectivity index (χ1n) is 8.79. The minimum Gasteiger partial charge on any atom is -0.354 e. The lowest BCUT2D eigenvalue weighted by atomic mass is 9.97. The van der Waals surface area contributed by atoms with Gasteiger partial charge >= 0.3 is 6.18 Å². The second-order valence-corrected chi connectivity index (χ2v) is 6.65. The van der Waals surface area contributed by atoms with Gasteiger partial charge in [-0.1, -0.05) is 6.07 Å². The number of amides is 1. The van der Waals surface area contributed by atoms with Gasteiger partial charge in [-0.2, -0.15) is 13.2 Å². The molecule has 1 fully saturated rings. The van der Waals surface area contributed by atoms with Gasteiger partial charge in [-0.3, -0.25) is 4.79 Å². The molecule has 1 aromatic carbocycles. The van der Waals surface area contributed by atoms with Gasteiger partial charge in [-0.15, -0.1) is 0 Å². The van der Waals surface area contributed by atoms with Crippen LogP contribution in [0.1, 0.15) is 18.4 Å². The summed E-state index contributed by atoms with van der Waals surface area (Å²) in [5.74, 6) is -0.00534. The highest BCUT2D eigenvalue weighted by atomic mass is 19.4. The normalized spacial score (nSPS) is 17.7. The average Bonchev–Trinajstić information content (AvgIpc) is 3.16. The number of aromatic nitrogens is 4. The summed E-state index contributed by atoms with van der Waals surface area (Å²) in [7, 11) is 0. The molecule has 0 unspecified atom stereocenters. The van der Waals surface area contributed by atoms with Crippen molar-refractivity contribution in [2.45, 2.75) is 19.0 Å². The Morgan fingerprint density at radius 3 is 2.93 bits per heavy atom. The lowest BCUT2D eigenvalue weighted by molar-refractivity contribution is -0.137. The number of H-pyrrole nitrogens is 1. The molecule has 1 amide bonds. The van der Waals surface area contributed by atoms with E-state index in [0.29, 0.717) is 29.9 Å². The molecule has 3 heterocycles. The Balaban J connectivity index is 1.49. The maximum Gasteiger partial charge on any atom is 0.416 e. The molecule has 7 nitrogen and oxygen atoms in total. The number of benzene rings is 1. The standard InChI is InChI=1S/C18H17F3N6O/c19-18(20,21)12-4-1-5-13(7-12)26-17(28)11-3-2-6-27(8-11)16-14-15(23-9-22-14)24-10-25-16/h1,4-5,7,9-11H,2-3,6,8H2,(H,26,28)(H,22,23,24,25)/t11-/m1/s1. The number of hydrogen-bond donors (Lipinski definition) is 2. The molecule has 1 atom stereocenters. The molecule has 3 aromatic rings. The van der Waals surface area contributed by atoms with Gasteiger partial charge in [0.2, 0.25) is 5.91 Å². The Kier molecular flexibility index (Phi) is 4.62. The summed E-state index contributed by atoms with van der Waals surface area (Å²) in [4.78, 5) is 30.1. The largest absolute Gasteiger partial charge is 0.416 e. The molecule has 146 valence electrons. The van der Waals surface area contributed by atoms with Gasteiger partial charge in [0, 0.05) is 18.8 Å². The summed E-state index contributed by atoms with van der Waals surface area (Å²) in [6.45, 7) is 1.13. The van der Waals surface area contributed by atoms with Crippen molar-refractivity contribution in [3.8, 4) is 0 Å². The van der Waals surface area contributed by atoms with E-state index in [1.165, 1.54) is 24.8 Å². The third-order valence-electron chi connectivity index (χ3n) is 4.75. The maximum absolute atomic E-state index is 12.9. The van der Waals surface area contributed by atoms with Crippen LogP contribution in [-0.2, 0) is 11.0 Å². The zero-order chi connectivity index (χ0) is 19.7. The summed E-state index contributed by atoms with van der Waals surface area (Å²) >= 11 is 0. The average molecular weight is 390 g/mol. The molecule has 0 radical (unpaired) electrons. The molecule has 2 aromatic heterocycles. The molecule has 0 saturated carbocycles. The van der Waals surface area contributed by atoms with Gasteiger partial charge in [0.25, 0.3) is 0 Å². The summed E-state index contributed by atoms with van der Waals surface area (Å²) < 4.78 is 38.6. The van der Waals surface area contributed by atoms with E-state index < -0.39 is 11.7 Å². The van der Waals surface area contributed by atoms with Crippen LogP contribution in [0.4, 0.5) is 24.7 Å². The van der Waals surface area contributed by atoms with E-state index in [1.807, 2.05) is 4.90 Å². The third kappa shape index (κ3) is 3.62. The van der Waals surface area contributed by atoms with E-state index in [2.05, 4.69) is 25.3 Å². The Morgan fingerprint density at radius 1 is 1.25 bits per heavy atom. The van der Waals surface area contributed by atoms with Gasteiger partial charge in [-0.05, 0) is 31.0 Å². The Bertz CT molecular complexity index is 1000. The number of fused-ring (bicyclic) bond motifs is 1. The zero-order valence-corrected chi connectivity index (χ0v) is 14.7. The summed E-state index contributed by atoms with van der Waals surface area (Å²) in [6.07, 6.45) is -0.0842. The van der Waals surface area contributed by atoms with Crippen molar-refractivity contribution in [3.05, 3.63) is 42.5 Å². The first-order valence-corrected chi connectivity index (χ1v) is 8.79. The highest BCUT2D eigenvalue weighted by molar-refractivity contribution is 5.93. The quantitative estimate of drug-likeness (QED) is 0.717. The SMILES string of the molecule is O=C(Nc1cccc(C(F)(F)F)c1)[C@@H]1CCCN(c2ncnc3nc[nH]c23)C1. The van der Waals surface area contributed by atoms with Gasteiger partial charge in [-0.25, -0.2) is 15.0 Å². The van der Waals surface area contributed by atoms with Crippen molar-refractivity contribution in [1.29, 1.82) is 0 Å². The van der Waals surface area contributed by atoms with Gasteiger partial charge in [0.05, 0.1) is 17.8 Å². The summed E-state index contributed by atoms with van der Waals surface area (Å²) in [6, 6.07) is 4.65. The van der Waals surface area contributed by atoms with Crippen molar-refractivity contribution < 1.29 is 18.0 Å². The van der Waals surface area contributed by atoms with Crippen LogP contribution in [0.5, 0.6) is 0 Å². The molecule has 28 heavy (non-hydrogen) atoms. The van der Waals surface area contributed by atoms with Crippen LogP contribution >= 0.6 is 0 Å². The van der Waals surface area contributed by atoms with Crippen LogP contribution in [0.2, 0.25) is 0 Å². The molecule has 0 spiro atoms. The topological polar surface area (TPSA) is 86.8 Å². The lowest BCUT2D eigenvalue weighted by Crippen LogP contribution is -2.41. The number of carbonyl (C=O) groups is 1. The van der Waals surface area contributed by atoms with Crippen LogP contribution in [0.15, 0.2) is 36.9 Å². The summed E-state index contributed by atoms with van der Waals surface area (Å²) in [5.41, 5.74) is 0.579. The number of nitrogens with zero attached hydrogens (tertiary/aromatic N) is 4. The number of alkyl halides is 3. The van der Waals surface area contributed by atoms with Crippen LogP contribution in [-0.4, -0.2) is 38.9 Å². The van der Waals surface area contributed by atoms with Crippen LogP contribution in [0.3, 0.4) is 0 Å². The second-order valence-electron chi connectivity index (χ2n) is 6.65. The highest BCUT2D eigenvalue weighted by Crippen LogP contribution is 2.31. The number of anilines is 2. The van der Waals surface area contributed by atoms with Crippen molar-refractivity contribution in [1.82, 2.24) is 19.9 Å². The summed E-state index contributed by atoms with van der Waals surface area (Å²) in [5, 5.41) is 2.61. The fourth-order valence-corrected chi connectivity index (χ4v) is 3.39. The highest BCUT2D eigenvalue weighted by Gasteiger charge is 2.31. The number of carbonyl (C=O) groups excluding carboxylic acids is 1. The first kappa shape index (κ1) is 18.2. The van der Waals surface area contributed by atoms with Gasteiger partial charge < -0.3 is 15.2 Å². The molecule has 4 rings (SSSR count). The van der Waals surface area contributed by atoms with E-state index in [1.54, 1.807) is 0 Å². The number of rotatable bonds is 3. The number of halogens is 3. The predicted molar refractivity (Wildman–Crippen MR) is 96.7 cm³/mol. The zero-order valence-electron chi connectivity index (χ0n) is 14.7. The van der Waals surface area contributed by atoms with Gasteiger partial charge in [0.15, 0.2) is 11.5 Å². The minimum absolute atomic E-state index is 0.134. The Labute approximate surface area is 158 Å². The van der Waals surface area contributed by atoms with Crippen LogP contribution < -0.4 is 10.2 Å². The lowest BCUT2D eigenvalue weighted by Gasteiger charge is -2.32. The van der Waals surface area contributed by atoms with E-state index in [9.17, 15) is 18.0 Å². The predicted octanol–water partition coefficient (Wildman–Crippen LogP) is 3.23. The first-order chi connectivity index (χ1) is 13.4. The monoisotopic (exact) mass is 390 g/mol. The van der Waals surface area contributed by atoms with Crippen LogP contribution in [0, 0.1) is 5.92 Å². The maximum atomic E-state index is 12.9. The van der Waals surface area contributed by atoms with E-state index >= 15 is 0 Å². The van der Waals surface area contributed by atoms with Crippen molar-refractivity contribution >= 4 is 28.6 Å². The fourth-order valence-electron chi connectivity index (χ4n) is 3.39. The molecule has 2 N–H and O–H groups in total. The van der Waals surface area contributed by atoms with E-state index in [4.69, 9.17) is 0 Å². The van der Waals surface area contributed by atoms with Crippen LogP contribution in [0.25, 0.3) is 11.2 Å². The number of nitrogens with one attached hydrogen (secondary N) is 2. The van der Waals surface area contributed by atoms with Crippen molar-refractivity contribution in [2.75, 3.05) is 23.3 Å². The number of piperidine rings is 1. The number of aromatic amines is 1. The minimum atomic E-state index is -4.45. The smallest absolute Gasteiger partial charge is 0.354 e. The Hall–Kier alpha value is -3.17. The van der Waals surface area contributed by atoms with Crippen molar-refractivity contribution in [3.63, 3.8) is 0 Å². The Morgan fingerprint density at radius 2 is 2.11 bits per heavy atom.